The summed E-state index contributed by atoms with van der Waals surface area (Å²) in [5.74, 6) is -0.206. The number of carbonyl (C=O) groups is 1. The molecule has 1 aromatic carbocycles. The monoisotopic (exact) mass is 226 g/mol. The molecule has 0 atom stereocenters. The van der Waals surface area contributed by atoms with Gasteiger partial charge in [-0.2, -0.15) is 0 Å². The molecule has 0 aliphatic carbocycles. The summed E-state index contributed by atoms with van der Waals surface area (Å²) >= 11 is 0. The zero-order chi connectivity index (χ0) is 11.6. The van der Waals surface area contributed by atoms with Gasteiger partial charge in [0.2, 0.25) is 0 Å². The van der Waals surface area contributed by atoms with Crippen LogP contribution in [0.4, 0.5) is 0 Å². The van der Waals surface area contributed by atoms with Gasteiger partial charge in [0.1, 0.15) is 0 Å². The van der Waals surface area contributed by atoms with Gasteiger partial charge in [-0.1, -0.05) is 0 Å². The molecule has 0 saturated heterocycles. The van der Waals surface area contributed by atoms with E-state index in [-0.39, 0.29) is 5.97 Å². The van der Waals surface area contributed by atoms with Crippen LogP contribution >= 0.6 is 6.83 Å². The Kier molecular flexibility index (Phi) is 3.20. The number of carbonyl (C=O) groups excluding carboxylic acids is 1. The van der Waals surface area contributed by atoms with Gasteiger partial charge < -0.3 is 0 Å². The molecule has 1 rings (SSSR count). The van der Waals surface area contributed by atoms with Crippen LogP contribution in [0.3, 0.4) is 0 Å². The molecule has 0 aliphatic heterocycles. The van der Waals surface area contributed by atoms with Crippen molar-refractivity contribution in [2.24, 2.45) is 0 Å². The van der Waals surface area contributed by atoms with Gasteiger partial charge in [0.05, 0.1) is 0 Å². The van der Waals surface area contributed by atoms with Crippen molar-refractivity contribution in [2.75, 3.05) is 26.2 Å². The summed E-state index contributed by atoms with van der Waals surface area (Å²) in [6.45, 7) is 6.01. The molecule has 0 radical (unpaired) electrons. The van der Waals surface area contributed by atoms with Gasteiger partial charge >= 0.3 is 91.1 Å². The van der Waals surface area contributed by atoms with E-state index >= 15 is 0 Å². The van der Waals surface area contributed by atoms with Gasteiger partial charge in [0, 0.05) is 0 Å². The molecule has 1 aromatic rings. The summed E-state index contributed by atoms with van der Waals surface area (Å²) < 4.78 is 5.65. The van der Waals surface area contributed by atoms with Crippen LogP contribution in [0.5, 0.6) is 0 Å². The molecule has 0 fully saturated rings. The zero-order valence-corrected chi connectivity index (χ0v) is 10.8. The Morgan fingerprint density at radius 3 is 2.20 bits per heavy atom. The fraction of sp³-hybridized carbons (Fsp3) is 0.417. The predicted molar refractivity (Wildman–Crippen MR) is 67.1 cm³/mol. The van der Waals surface area contributed by atoms with Crippen LogP contribution < -0.4 is 0 Å². The van der Waals surface area contributed by atoms with Crippen LogP contribution in [0.25, 0.3) is 0 Å². The van der Waals surface area contributed by atoms with Crippen molar-refractivity contribution in [1.82, 2.24) is 0 Å². The number of rotatable bonds is 3. The van der Waals surface area contributed by atoms with Crippen molar-refractivity contribution in [3.8, 4) is 0 Å². The molecule has 0 heterocycles. The van der Waals surface area contributed by atoms with Crippen LogP contribution in [0.1, 0.15) is 17.3 Å². The Bertz CT molecular complexity index is 349. The van der Waals surface area contributed by atoms with Gasteiger partial charge in [0.15, 0.2) is 0 Å². The molecule has 0 amide bonds. The third kappa shape index (κ3) is 3.64. The van der Waals surface area contributed by atoms with Crippen LogP contribution in [-0.2, 0) is 4.52 Å². The van der Waals surface area contributed by atoms with Crippen molar-refractivity contribution in [2.45, 2.75) is 6.92 Å². The standard InChI is InChI=1S/C12H19O2P/c1-5-15(2,3,4)14-12(13)11-9-7-6-8-10-11/h6-10H,5H2,1-4H3. The Hall–Kier alpha value is -0.880. The average Bonchev–Trinajstić information content (AvgIpc) is 2.18. The van der Waals surface area contributed by atoms with E-state index in [1.54, 1.807) is 12.1 Å². The van der Waals surface area contributed by atoms with E-state index in [4.69, 9.17) is 4.52 Å². The Morgan fingerprint density at radius 2 is 1.73 bits per heavy atom. The SMILES string of the molecule is CCP(C)(C)(C)OC(=O)c1ccccc1. The summed E-state index contributed by atoms with van der Waals surface area (Å²) in [4.78, 5) is 11.8. The first-order valence-electron chi connectivity index (χ1n) is 5.12. The van der Waals surface area contributed by atoms with Crippen LogP contribution in [0.15, 0.2) is 30.3 Å². The van der Waals surface area contributed by atoms with E-state index in [1.165, 1.54) is 0 Å². The molecule has 0 aliphatic rings. The van der Waals surface area contributed by atoms with Gasteiger partial charge in [-0.3, -0.25) is 0 Å². The topological polar surface area (TPSA) is 26.3 Å². The predicted octanol–water partition coefficient (Wildman–Crippen LogP) is 3.22. The first kappa shape index (κ1) is 12.2. The maximum atomic E-state index is 11.8. The first-order chi connectivity index (χ1) is 6.82. The van der Waals surface area contributed by atoms with Gasteiger partial charge in [-0.05, 0) is 0 Å². The molecule has 84 valence electrons. The van der Waals surface area contributed by atoms with E-state index in [0.717, 1.165) is 6.16 Å². The molecule has 0 bridgehead atoms. The molecule has 0 unspecified atom stereocenters. The van der Waals surface area contributed by atoms with E-state index in [9.17, 15) is 4.79 Å². The fourth-order valence-corrected chi connectivity index (χ4v) is 1.85. The van der Waals surface area contributed by atoms with Gasteiger partial charge in [-0.25, -0.2) is 0 Å². The van der Waals surface area contributed by atoms with Crippen molar-refractivity contribution in [3.05, 3.63) is 35.9 Å². The molecule has 0 aromatic heterocycles. The molecule has 3 heteroatoms. The van der Waals surface area contributed by atoms with E-state index in [0.29, 0.717) is 5.56 Å². The maximum absolute atomic E-state index is 11.8. The normalized spacial score (nSPS) is 14.0. The van der Waals surface area contributed by atoms with Crippen LogP contribution in [0, 0.1) is 0 Å². The Morgan fingerprint density at radius 1 is 1.20 bits per heavy atom. The third-order valence-corrected chi connectivity index (χ3v) is 5.51. The summed E-state index contributed by atoms with van der Waals surface area (Å²) in [5.41, 5.74) is 0.630. The summed E-state index contributed by atoms with van der Waals surface area (Å²) in [7, 11) is 0. The van der Waals surface area contributed by atoms with Crippen LogP contribution in [-0.4, -0.2) is 32.1 Å². The summed E-state index contributed by atoms with van der Waals surface area (Å²) in [6, 6.07) is 9.15. The van der Waals surface area contributed by atoms with Gasteiger partial charge in [-0.15, -0.1) is 0 Å². The second-order valence-corrected chi connectivity index (χ2v) is 11.8. The molecule has 15 heavy (non-hydrogen) atoms. The molecular weight excluding hydrogens is 207 g/mol. The summed E-state index contributed by atoms with van der Waals surface area (Å²) in [5, 5.41) is 0. The number of hydrogen-bond donors (Lipinski definition) is 0. The van der Waals surface area contributed by atoms with Crippen molar-refractivity contribution in [1.29, 1.82) is 0 Å². The molecule has 0 spiro atoms. The second-order valence-electron chi connectivity index (χ2n) is 5.03. The fourth-order valence-electron chi connectivity index (χ4n) is 0.999. The number of hydrogen-bond acceptors (Lipinski definition) is 2. The first-order valence-corrected chi connectivity index (χ1v) is 8.80. The summed E-state index contributed by atoms with van der Waals surface area (Å²) in [6.07, 6.45) is 0.907. The van der Waals surface area contributed by atoms with E-state index in [1.807, 2.05) is 18.2 Å². The average molecular weight is 226 g/mol. The number of benzene rings is 1. The molecular formula is C12H19O2P. The second kappa shape index (κ2) is 3.94. The minimum absolute atomic E-state index is 0.206. The molecule has 2 nitrogen and oxygen atoms in total. The third-order valence-electron chi connectivity index (χ3n) is 2.51. The zero-order valence-electron chi connectivity index (χ0n) is 9.86. The van der Waals surface area contributed by atoms with Crippen molar-refractivity contribution >= 4 is 12.8 Å². The van der Waals surface area contributed by atoms with Crippen molar-refractivity contribution in [3.63, 3.8) is 0 Å². The molecule has 0 N–H and O–H groups in total. The Balaban J connectivity index is 2.82. The van der Waals surface area contributed by atoms with E-state index in [2.05, 4.69) is 26.9 Å². The quantitative estimate of drug-likeness (QED) is 0.740. The van der Waals surface area contributed by atoms with Crippen molar-refractivity contribution < 1.29 is 9.32 Å². The van der Waals surface area contributed by atoms with E-state index < -0.39 is 6.83 Å². The minimum atomic E-state index is -2.24. The van der Waals surface area contributed by atoms with Gasteiger partial charge in [0.25, 0.3) is 0 Å². The Labute approximate surface area is 91.7 Å². The molecule has 0 saturated carbocycles. The van der Waals surface area contributed by atoms with Crippen LogP contribution in [0.2, 0.25) is 0 Å².